The van der Waals surface area contributed by atoms with Crippen LogP contribution in [0.5, 0.6) is 0 Å². The van der Waals surface area contributed by atoms with Crippen LogP contribution in [-0.4, -0.2) is 0 Å². The van der Waals surface area contributed by atoms with Gasteiger partial charge in [0.05, 0.1) is 0 Å². The van der Waals surface area contributed by atoms with Crippen molar-refractivity contribution in [3.8, 4) is 0 Å². The molecule has 48 valence electrons. The average molecular weight is 112 g/mol. The molecule has 2 fully saturated rings. The van der Waals surface area contributed by atoms with E-state index in [1.807, 2.05) is 13.8 Å². The predicted octanol–water partition coefficient (Wildman–Crippen LogP) is 2.69. The van der Waals surface area contributed by atoms with Crippen LogP contribution in [0.15, 0.2) is 0 Å². The lowest BCUT2D eigenvalue weighted by Crippen LogP contribution is -1.93. The minimum atomic E-state index is 1.13. The van der Waals surface area contributed by atoms with Crippen LogP contribution < -0.4 is 0 Å². The number of fused-ring (bicyclic) bond motifs is 1. The molecule has 0 radical (unpaired) electrons. The second-order valence-electron chi connectivity index (χ2n) is 2.76. The molecule has 2 saturated carbocycles. The van der Waals surface area contributed by atoms with Gasteiger partial charge in [-0.25, -0.2) is 0 Å². The molecule has 0 heteroatoms. The summed E-state index contributed by atoms with van der Waals surface area (Å²) < 4.78 is 0. The Labute approximate surface area is 52.3 Å². The molecule has 2 rings (SSSR count). The fraction of sp³-hybridized carbons (Fsp3) is 1.00. The normalized spacial score (nSPS) is 47.6. The number of hydrogen-bond acceptors (Lipinski definition) is 0. The monoisotopic (exact) mass is 112 g/mol. The van der Waals surface area contributed by atoms with Crippen LogP contribution in [0.1, 0.15) is 33.6 Å². The molecule has 0 nitrogen and oxygen atoms in total. The van der Waals surface area contributed by atoms with Crippen LogP contribution >= 0.6 is 0 Å². The molecular formula is C8H16. The summed E-state index contributed by atoms with van der Waals surface area (Å²) in [7, 11) is 0. The van der Waals surface area contributed by atoms with Gasteiger partial charge in [0.1, 0.15) is 0 Å². The van der Waals surface area contributed by atoms with Crippen molar-refractivity contribution in [2.45, 2.75) is 33.6 Å². The number of hydrogen-bond donors (Lipinski definition) is 0. The smallest absolute Gasteiger partial charge is 0.0355 e. The highest BCUT2D eigenvalue weighted by Gasteiger charge is 2.52. The van der Waals surface area contributed by atoms with Crippen LogP contribution in [0, 0.1) is 17.8 Å². The summed E-state index contributed by atoms with van der Waals surface area (Å²) in [6, 6.07) is 0. The zero-order valence-electron chi connectivity index (χ0n) is 6.15. The molecule has 0 aromatic rings. The largest absolute Gasteiger partial charge is 0.0683 e. The predicted molar refractivity (Wildman–Crippen MR) is 36.7 cm³/mol. The molecule has 2 unspecified atom stereocenters. The maximum Gasteiger partial charge on any atom is -0.0355 e. The Bertz CT molecular complexity index is 59.4. The molecule has 2 atom stereocenters. The molecule has 2 aliphatic rings. The third-order valence-electron chi connectivity index (χ3n) is 2.59. The van der Waals surface area contributed by atoms with Gasteiger partial charge in [0.25, 0.3) is 0 Å². The summed E-state index contributed by atoms with van der Waals surface area (Å²) in [6.45, 7) is 6.38. The standard InChI is InChI=1S/C6H10.C2H6/c1-4-5-2-3-6(4)5;1-2/h4-6H,2-3H2,1H3;1-2H3. The lowest BCUT2D eigenvalue weighted by Gasteiger charge is -2.04. The third-order valence-corrected chi connectivity index (χ3v) is 2.59. The first-order valence-corrected chi connectivity index (χ1v) is 3.89. The summed E-state index contributed by atoms with van der Waals surface area (Å²) >= 11 is 0. The van der Waals surface area contributed by atoms with Gasteiger partial charge in [-0.15, -0.1) is 0 Å². The lowest BCUT2D eigenvalue weighted by molar-refractivity contribution is 0.468. The van der Waals surface area contributed by atoms with Gasteiger partial charge in [-0.3, -0.25) is 0 Å². The van der Waals surface area contributed by atoms with Gasteiger partial charge >= 0.3 is 0 Å². The van der Waals surface area contributed by atoms with E-state index in [1.54, 1.807) is 12.8 Å². The van der Waals surface area contributed by atoms with E-state index >= 15 is 0 Å². The topological polar surface area (TPSA) is 0 Å². The maximum absolute atomic E-state index is 2.38. The lowest BCUT2D eigenvalue weighted by atomic mass is 10.0. The Morgan fingerprint density at radius 3 is 1.38 bits per heavy atom. The first-order chi connectivity index (χ1) is 3.89. The zero-order valence-corrected chi connectivity index (χ0v) is 6.15. The van der Waals surface area contributed by atoms with Crippen molar-refractivity contribution in [3.63, 3.8) is 0 Å². The molecule has 2 aliphatic carbocycles. The van der Waals surface area contributed by atoms with Gasteiger partial charge in [0.2, 0.25) is 0 Å². The highest BCUT2D eigenvalue weighted by molar-refractivity contribution is 5.01. The Balaban J connectivity index is 0.000000147. The van der Waals surface area contributed by atoms with Crippen molar-refractivity contribution in [3.05, 3.63) is 0 Å². The van der Waals surface area contributed by atoms with Crippen molar-refractivity contribution in [2.75, 3.05) is 0 Å². The van der Waals surface area contributed by atoms with Crippen molar-refractivity contribution in [1.82, 2.24) is 0 Å². The summed E-state index contributed by atoms with van der Waals surface area (Å²) in [5, 5.41) is 0. The van der Waals surface area contributed by atoms with E-state index < -0.39 is 0 Å². The summed E-state index contributed by atoms with van der Waals surface area (Å²) in [6.07, 6.45) is 3.09. The van der Waals surface area contributed by atoms with E-state index in [-0.39, 0.29) is 0 Å². The van der Waals surface area contributed by atoms with Gasteiger partial charge in [-0.05, 0) is 30.6 Å². The van der Waals surface area contributed by atoms with E-state index in [9.17, 15) is 0 Å². The van der Waals surface area contributed by atoms with E-state index in [0.717, 1.165) is 5.92 Å². The van der Waals surface area contributed by atoms with Gasteiger partial charge in [0, 0.05) is 0 Å². The van der Waals surface area contributed by atoms with Crippen molar-refractivity contribution in [2.24, 2.45) is 17.8 Å². The minimum absolute atomic E-state index is 1.13. The van der Waals surface area contributed by atoms with Gasteiger partial charge in [-0.1, -0.05) is 20.8 Å². The molecule has 0 N–H and O–H groups in total. The van der Waals surface area contributed by atoms with Crippen LogP contribution in [0.25, 0.3) is 0 Å². The molecule has 0 bridgehead atoms. The third kappa shape index (κ3) is 0.667. The fourth-order valence-corrected chi connectivity index (χ4v) is 1.71. The molecule has 0 aromatic carbocycles. The Kier molecular flexibility index (Phi) is 1.59. The molecule has 0 aromatic heterocycles. The zero-order chi connectivity index (χ0) is 6.15. The average Bonchev–Trinajstić information content (AvgIpc) is 2.10. The van der Waals surface area contributed by atoms with E-state index in [4.69, 9.17) is 0 Å². The van der Waals surface area contributed by atoms with Crippen LogP contribution in [-0.2, 0) is 0 Å². The van der Waals surface area contributed by atoms with Gasteiger partial charge in [-0.2, -0.15) is 0 Å². The van der Waals surface area contributed by atoms with Gasteiger partial charge in [0.15, 0.2) is 0 Å². The highest BCUT2D eigenvalue weighted by Crippen LogP contribution is 2.60. The number of rotatable bonds is 0. The summed E-state index contributed by atoms with van der Waals surface area (Å²) in [4.78, 5) is 0. The first-order valence-electron chi connectivity index (χ1n) is 3.89. The molecular weight excluding hydrogens is 96.1 g/mol. The summed E-state index contributed by atoms with van der Waals surface area (Å²) in [5.41, 5.74) is 0. The van der Waals surface area contributed by atoms with Crippen molar-refractivity contribution in [1.29, 1.82) is 0 Å². The molecule has 0 heterocycles. The molecule has 8 heavy (non-hydrogen) atoms. The van der Waals surface area contributed by atoms with E-state index in [0.29, 0.717) is 0 Å². The fourth-order valence-electron chi connectivity index (χ4n) is 1.71. The van der Waals surface area contributed by atoms with Crippen molar-refractivity contribution < 1.29 is 0 Å². The Hall–Kier alpha value is 0. The van der Waals surface area contributed by atoms with E-state index in [2.05, 4.69) is 6.92 Å². The van der Waals surface area contributed by atoms with Crippen LogP contribution in [0.3, 0.4) is 0 Å². The second kappa shape index (κ2) is 2.08. The molecule has 0 spiro atoms. The minimum Gasteiger partial charge on any atom is -0.0683 e. The van der Waals surface area contributed by atoms with E-state index in [1.165, 1.54) is 11.8 Å². The highest BCUT2D eigenvalue weighted by atomic mass is 14.6. The maximum atomic E-state index is 2.38. The molecule has 0 aliphatic heterocycles. The van der Waals surface area contributed by atoms with Crippen LogP contribution in [0.2, 0.25) is 0 Å². The molecule has 0 saturated heterocycles. The van der Waals surface area contributed by atoms with Crippen molar-refractivity contribution >= 4 is 0 Å². The quantitative estimate of drug-likeness (QED) is 0.452. The molecule has 0 amide bonds. The summed E-state index contributed by atoms with van der Waals surface area (Å²) in [5.74, 6) is 3.53. The first kappa shape index (κ1) is 6.12. The SMILES string of the molecule is CC.CC1C2CCC12. The van der Waals surface area contributed by atoms with Crippen LogP contribution in [0.4, 0.5) is 0 Å². The van der Waals surface area contributed by atoms with Gasteiger partial charge < -0.3 is 0 Å². The Morgan fingerprint density at radius 2 is 1.38 bits per heavy atom. The Morgan fingerprint density at radius 1 is 1.00 bits per heavy atom. The second-order valence-corrected chi connectivity index (χ2v) is 2.76.